The second-order valence-corrected chi connectivity index (χ2v) is 6.94. The van der Waals surface area contributed by atoms with E-state index in [1.165, 1.54) is 35.6 Å². The minimum absolute atomic E-state index is 0.0907. The quantitative estimate of drug-likeness (QED) is 0.534. The third kappa shape index (κ3) is 2.78. The van der Waals surface area contributed by atoms with E-state index >= 15 is 0 Å². The summed E-state index contributed by atoms with van der Waals surface area (Å²) in [6, 6.07) is 17.3. The van der Waals surface area contributed by atoms with Crippen LogP contribution < -0.4 is 5.11 Å². The lowest BCUT2D eigenvalue weighted by Gasteiger charge is -2.08. The molecule has 0 saturated heterocycles. The van der Waals surface area contributed by atoms with Gasteiger partial charge in [-0.25, -0.2) is 0 Å². The van der Waals surface area contributed by atoms with E-state index in [4.69, 9.17) is 0 Å². The van der Waals surface area contributed by atoms with Gasteiger partial charge in [-0.15, -0.1) is 17.1 Å². The molecule has 128 valence electrons. The Morgan fingerprint density at radius 3 is 2.19 bits per heavy atom. The number of rotatable bonds is 3. The molecular formula is C21H13O4S-. The normalized spacial score (nSPS) is 10.9. The van der Waals surface area contributed by atoms with Gasteiger partial charge in [0.25, 0.3) is 0 Å². The molecule has 0 aliphatic carbocycles. The molecule has 0 amide bonds. The molecule has 0 saturated carbocycles. The molecule has 0 atom stereocenters. The average Bonchev–Trinajstić information content (AvgIpc) is 3.00. The molecule has 0 radical (unpaired) electrons. The van der Waals surface area contributed by atoms with Gasteiger partial charge in [-0.3, -0.25) is 4.79 Å². The van der Waals surface area contributed by atoms with Crippen LogP contribution in [-0.4, -0.2) is 16.0 Å². The maximum Gasteiger partial charge on any atom is 0.195 e. The molecule has 0 spiro atoms. The SMILES string of the molecule is O=C(c1ccc(O)cc1)c1c(-c2ccc([O-])cc2)sc2cc(O)ccc12. The van der Waals surface area contributed by atoms with Crippen molar-refractivity contribution in [2.45, 2.75) is 0 Å². The molecule has 0 aliphatic heterocycles. The zero-order valence-electron chi connectivity index (χ0n) is 13.5. The molecule has 1 heterocycles. The Morgan fingerprint density at radius 2 is 1.50 bits per heavy atom. The van der Waals surface area contributed by atoms with Crippen molar-refractivity contribution in [3.8, 4) is 27.7 Å². The van der Waals surface area contributed by atoms with Gasteiger partial charge in [0.05, 0.1) is 0 Å². The van der Waals surface area contributed by atoms with Gasteiger partial charge in [0.15, 0.2) is 5.78 Å². The number of phenols is 2. The summed E-state index contributed by atoms with van der Waals surface area (Å²) < 4.78 is 0.785. The maximum atomic E-state index is 13.2. The Hall–Kier alpha value is -3.31. The van der Waals surface area contributed by atoms with Crippen molar-refractivity contribution >= 4 is 27.2 Å². The number of hydrogen-bond acceptors (Lipinski definition) is 5. The first-order chi connectivity index (χ1) is 12.5. The van der Waals surface area contributed by atoms with Crippen molar-refractivity contribution in [3.63, 3.8) is 0 Å². The molecule has 26 heavy (non-hydrogen) atoms. The number of aromatic hydroxyl groups is 2. The van der Waals surface area contributed by atoms with E-state index in [0.29, 0.717) is 11.1 Å². The van der Waals surface area contributed by atoms with Crippen LogP contribution in [0.5, 0.6) is 17.2 Å². The highest BCUT2D eigenvalue weighted by molar-refractivity contribution is 7.22. The smallest absolute Gasteiger partial charge is 0.195 e. The highest BCUT2D eigenvalue weighted by atomic mass is 32.1. The van der Waals surface area contributed by atoms with E-state index in [-0.39, 0.29) is 23.0 Å². The summed E-state index contributed by atoms with van der Waals surface area (Å²) in [4.78, 5) is 13.9. The van der Waals surface area contributed by atoms with Crippen LogP contribution >= 0.6 is 11.3 Å². The number of carbonyl (C=O) groups is 1. The highest BCUT2D eigenvalue weighted by Crippen LogP contribution is 2.41. The Labute approximate surface area is 153 Å². The van der Waals surface area contributed by atoms with E-state index < -0.39 is 0 Å². The fourth-order valence-electron chi connectivity index (χ4n) is 2.88. The maximum absolute atomic E-state index is 13.2. The van der Waals surface area contributed by atoms with Crippen LogP contribution in [0.15, 0.2) is 66.7 Å². The molecule has 4 rings (SSSR count). The van der Waals surface area contributed by atoms with Crippen molar-refractivity contribution in [2.24, 2.45) is 0 Å². The van der Waals surface area contributed by atoms with E-state index in [1.54, 1.807) is 42.5 Å². The van der Waals surface area contributed by atoms with Crippen LogP contribution in [0.3, 0.4) is 0 Å². The number of thiophene rings is 1. The van der Waals surface area contributed by atoms with Crippen LogP contribution in [0.25, 0.3) is 20.5 Å². The molecule has 4 nitrogen and oxygen atoms in total. The molecule has 4 aromatic rings. The first kappa shape index (κ1) is 16.2. The van der Waals surface area contributed by atoms with Crippen molar-refractivity contribution in [3.05, 3.63) is 77.9 Å². The fourth-order valence-corrected chi connectivity index (χ4v) is 4.12. The van der Waals surface area contributed by atoms with Crippen LogP contribution in [0.2, 0.25) is 0 Å². The van der Waals surface area contributed by atoms with E-state index in [9.17, 15) is 20.1 Å². The molecule has 0 fully saturated rings. The zero-order valence-corrected chi connectivity index (χ0v) is 14.3. The zero-order chi connectivity index (χ0) is 18.3. The molecule has 0 aliphatic rings. The second kappa shape index (κ2) is 6.20. The Kier molecular flexibility index (Phi) is 3.86. The number of phenolic OH excluding ortho intramolecular Hbond substituents is 2. The summed E-state index contributed by atoms with van der Waals surface area (Å²) in [6.07, 6.45) is 0. The Morgan fingerprint density at radius 1 is 0.846 bits per heavy atom. The summed E-state index contributed by atoms with van der Waals surface area (Å²) in [5.74, 6) is -0.0567. The van der Waals surface area contributed by atoms with Crippen LogP contribution in [0.4, 0.5) is 0 Å². The van der Waals surface area contributed by atoms with Gasteiger partial charge < -0.3 is 15.3 Å². The standard InChI is InChI=1S/C21H14O4S/c22-14-5-1-12(2-6-14)20(25)19-17-10-9-16(24)11-18(17)26-21(19)13-3-7-15(23)8-4-13/h1-11,22-24H/p-1. The summed E-state index contributed by atoms with van der Waals surface area (Å²) in [5.41, 5.74) is 1.75. The minimum Gasteiger partial charge on any atom is -0.872 e. The summed E-state index contributed by atoms with van der Waals surface area (Å²) in [5, 5.41) is 31.4. The van der Waals surface area contributed by atoms with Crippen LogP contribution in [0, 0.1) is 0 Å². The van der Waals surface area contributed by atoms with Gasteiger partial charge in [0.1, 0.15) is 11.5 Å². The van der Waals surface area contributed by atoms with E-state index in [1.807, 2.05) is 0 Å². The second-order valence-electron chi connectivity index (χ2n) is 5.89. The summed E-state index contributed by atoms with van der Waals surface area (Å²) >= 11 is 1.39. The minimum atomic E-state index is -0.178. The van der Waals surface area contributed by atoms with Gasteiger partial charge in [-0.1, -0.05) is 24.3 Å². The molecule has 1 aromatic heterocycles. The van der Waals surface area contributed by atoms with Gasteiger partial charge in [-0.2, -0.15) is 0 Å². The molecule has 0 unspecified atom stereocenters. The number of fused-ring (bicyclic) bond motifs is 1. The summed E-state index contributed by atoms with van der Waals surface area (Å²) in [6.45, 7) is 0. The Bertz CT molecular complexity index is 1110. The first-order valence-electron chi connectivity index (χ1n) is 7.89. The highest BCUT2D eigenvalue weighted by Gasteiger charge is 2.21. The number of hydrogen-bond donors (Lipinski definition) is 2. The summed E-state index contributed by atoms with van der Waals surface area (Å²) in [7, 11) is 0. The predicted molar refractivity (Wildman–Crippen MR) is 99.9 cm³/mol. The van der Waals surface area contributed by atoms with Crippen molar-refractivity contribution in [1.82, 2.24) is 0 Å². The molecule has 3 aromatic carbocycles. The molecular weight excluding hydrogens is 348 g/mol. The third-order valence-electron chi connectivity index (χ3n) is 4.15. The molecule has 5 heteroatoms. The van der Waals surface area contributed by atoms with E-state index in [2.05, 4.69) is 0 Å². The molecule has 2 N–H and O–H groups in total. The fraction of sp³-hybridized carbons (Fsp3) is 0. The number of carbonyl (C=O) groups excluding carboxylic acids is 1. The first-order valence-corrected chi connectivity index (χ1v) is 8.71. The monoisotopic (exact) mass is 361 g/mol. The average molecular weight is 361 g/mol. The van der Waals surface area contributed by atoms with Gasteiger partial charge in [0, 0.05) is 26.1 Å². The lowest BCUT2D eigenvalue weighted by molar-refractivity contribution is -0.268. The topological polar surface area (TPSA) is 80.6 Å². The van der Waals surface area contributed by atoms with Gasteiger partial charge >= 0.3 is 0 Å². The van der Waals surface area contributed by atoms with Gasteiger partial charge in [-0.05, 0) is 48.0 Å². The Balaban J connectivity index is 1.96. The number of ketones is 1. The lowest BCUT2D eigenvalue weighted by Crippen LogP contribution is -2.02. The van der Waals surface area contributed by atoms with E-state index in [0.717, 1.165) is 20.5 Å². The van der Waals surface area contributed by atoms with Crippen molar-refractivity contribution < 1.29 is 20.1 Å². The van der Waals surface area contributed by atoms with Gasteiger partial charge in [0.2, 0.25) is 0 Å². The van der Waals surface area contributed by atoms with Crippen LogP contribution in [-0.2, 0) is 0 Å². The molecule has 0 bridgehead atoms. The van der Waals surface area contributed by atoms with Crippen molar-refractivity contribution in [2.75, 3.05) is 0 Å². The lowest BCUT2D eigenvalue weighted by atomic mass is 9.97. The number of benzene rings is 3. The predicted octanol–water partition coefficient (Wildman–Crippen LogP) is 4.28. The van der Waals surface area contributed by atoms with Crippen LogP contribution in [0.1, 0.15) is 15.9 Å². The van der Waals surface area contributed by atoms with Crippen molar-refractivity contribution in [1.29, 1.82) is 0 Å². The largest absolute Gasteiger partial charge is 0.872 e. The third-order valence-corrected chi connectivity index (χ3v) is 5.35.